The number of hydrogen-bond acceptors (Lipinski definition) is 1. The van der Waals surface area contributed by atoms with Gasteiger partial charge in [0.05, 0.1) is 5.69 Å². The second-order valence-corrected chi connectivity index (χ2v) is 13.8. The van der Waals surface area contributed by atoms with Gasteiger partial charge in [-0.3, -0.25) is 0 Å². The van der Waals surface area contributed by atoms with Crippen molar-refractivity contribution in [3.8, 4) is 33.4 Å². The van der Waals surface area contributed by atoms with Gasteiger partial charge in [-0.15, -0.1) is 0 Å². The van der Waals surface area contributed by atoms with E-state index in [1.807, 2.05) is 0 Å². The lowest BCUT2D eigenvalue weighted by Crippen LogP contribution is -2.11. The summed E-state index contributed by atoms with van der Waals surface area (Å²) in [5.41, 5.74) is 10.5. The van der Waals surface area contributed by atoms with Gasteiger partial charge in [-0.25, -0.2) is 0 Å². The quantitative estimate of drug-likeness (QED) is 0.159. The molecule has 0 aliphatic rings. The van der Waals surface area contributed by atoms with Gasteiger partial charge in [0.15, 0.2) is 0 Å². The minimum atomic E-state index is 1.10. The first kappa shape index (κ1) is 30.8. The number of rotatable bonds is 6. The minimum absolute atomic E-state index is 1.10. The third-order valence-corrected chi connectivity index (χ3v) is 10.6. The highest BCUT2D eigenvalue weighted by molar-refractivity contribution is 6.10. The van der Waals surface area contributed by atoms with E-state index in [1.165, 1.54) is 76.5 Å². The fourth-order valence-corrected chi connectivity index (χ4v) is 7.93. The van der Waals surface area contributed by atoms with Crippen LogP contribution in [0.15, 0.2) is 212 Å². The van der Waals surface area contributed by atoms with E-state index >= 15 is 0 Å². The van der Waals surface area contributed by atoms with Crippen LogP contribution in [0.25, 0.3) is 76.5 Å². The molecule has 0 amide bonds. The molecule has 1 nitrogen and oxygen atoms in total. The minimum Gasteiger partial charge on any atom is -0.310 e. The molecule has 0 fully saturated rings. The smallest absolute Gasteiger partial charge is 0.0540 e. The van der Waals surface area contributed by atoms with E-state index in [1.54, 1.807) is 0 Å². The molecule has 0 aliphatic heterocycles. The molecule has 0 aliphatic carbocycles. The monoisotopic (exact) mass is 673 g/mol. The van der Waals surface area contributed by atoms with Gasteiger partial charge >= 0.3 is 0 Å². The van der Waals surface area contributed by atoms with E-state index in [2.05, 4.69) is 217 Å². The molecule has 0 saturated heterocycles. The Morgan fingerprint density at radius 1 is 0.245 bits per heavy atom. The molecule has 0 atom stereocenters. The lowest BCUT2D eigenvalue weighted by molar-refractivity contribution is 1.28. The summed E-state index contributed by atoms with van der Waals surface area (Å²) in [6.45, 7) is 0. The van der Waals surface area contributed by atoms with Gasteiger partial charge in [-0.1, -0.05) is 170 Å². The van der Waals surface area contributed by atoms with Crippen LogP contribution in [-0.4, -0.2) is 0 Å². The van der Waals surface area contributed by atoms with Crippen LogP contribution < -0.4 is 4.90 Å². The van der Waals surface area contributed by atoms with Crippen LogP contribution >= 0.6 is 0 Å². The molecular formula is C52H35N. The number of hydrogen-bond donors (Lipinski definition) is 0. The van der Waals surface area contributed by atoms with Crippen molar-refractivity contribution in [2.45, 2.75) is 0 Å². The zero-order valence-electron chi connectivity index (χ0n) is 29.2. The summed E-state index contributed by atoms with van der Waals surface area (Å²) in [6, 6.07) is 77.2. The summed E-state index contributed by atoms with van der Waals surface area (Å²) in [5, 5.41) is 10.2. The van der Waals surface area contributed by atoms with E-state index in [4.69, 9.17) is 0 Å². The number of benzene rings is 10. The van der Waals surface area contributed by atoms with Gasteiger partial charge in [0.2, 0.25) is 0 Å². The Kier molecular flexibility index (Phi) is 7.55. The van der Waals surface area contributed by atoms with Gasteiger partial charge < -0.3 is 4.90 Å². The molecule has 0 saturated carbocycles. The third-order valence-electron chi connectivity index (χ3n) is 10.6. The van der Waals surface area contributed by atoms with E-state index in [0.717, 1.165) is 17.1 Å². The first-order valence-electron chi connectivity index (χ1n) is 18.3. The zero-order chi connectivity index (χ0) is 35.1. The average Bonchev–Trinajstić information content (AvgIpc) is 3.24. The Balaban J connectivity index is 1.07. The van der Waals surface area contributed by atoms with Gasteiger partial charge in [-0.05, 0) is 113 Å². The summed E-state index contributed by atoms with van der Waals surface area (Å²) in [7, 11) is 0. The second-order valence-electron chi connectivity index (χ2n) is 13.8. The first-order chi connectivity index (χ1) is 26.3. The van der Waals surface area contributed by atoms with Gasteiger partial charge in [0, 0.05) is 16.9 Å². The molecule has 10 rings (SSSR count). The molecule has 10 aromatic rings. The van der Waals surface area contributed by atoms with Crippen molar-refractivity contribution >= 4 is 60.2 Å². The molecule has 0 N–H and O–H groups in total. The van der Waals surface area contributed by atoms with Crippen molar-refractivity contribution in [3.05, 3.63) is 212 Å². The van der Waals surface area contributed by atoms with Crippen molar-refractivity contribution < 1.29 is 0 Å². The molecule has 1 heteroatoms. The number of nitrogens with zero attached hydrogens (tertiary/aromatic N) is 1. The Morgan fingerprint density at radius 2 is 0.642 bits per heavy atom. The summed E-state index contributed by atoms with van der Waals surface area (Å²) >= 11 is 0. The van der Waals surface area contributed by atoms with Crippen LogP contribution in [0.2, 0.25) is 0 Å². The SMILES string of the molecule is c1ccc(-c2ccccc2N(c2ccc(-c3ccc4ccc5ccccc5c4c3)cc2)c2ccc(-c3ccc4ccc5ccccc5c4c3)cc2)cc1. The lowest BCUT2D eigenvalue weighted by atomic mass is 9.96. The van der Waals surface area contributed by atoms with Crippen LogP contribution in [0.5, 0.6) is 0 Å². The highest BCUT2D eigenvalue weighted by Gasteiger charge is 2.18. The van der Waals surface area contributed by atoms with E-state index in [-0.39, 0.29) is 0 Å². The standard InChI is InChI=1S/C52H35N/c1-2-10-38(11-3-1)49-16-8-9-17-52(49)53(45-30-26-36(27-31-45)43-24-22-41-20-18-39-12-4-6-14-47(39)50(41)34-43)46-32-28-37(29-33-46)44-25-23-42-21-19-40-13-5-7-15-48(40)51(42)35-44/h1-35H. The number of anilines is 3. The normalized spacial score (nSPS) is 11.4. The molecule has 0 unspecified atom stereocenters. The van der Waals surface area contributed by atoms with Crippen molar-refractivity contribution in [2.24, 2.45) is 0 Å². The van der Waals surface area contributed by atoms with Crippen LogP contribution in [0.3, 0.4) is 0 Å². The predicted molar refractivity (Wildman–Crippen MR) is 227 cm³/mol. The van der Waals surface area contributed by atoms with Gasteiger partial charge in [-0.2, -0.15) is 0 Å². The molecular weight excluding hydrogens is 639 g/mol. The van der Waals surface area contributed by atoms with Crippen molar-refractivity contribution in [2.75, 3.05) is 4.90 Å². The third kappa shape index (κ3) is 5.60. The maximum absolute atomic E-state index is 2.39. The molecule has 53 heavy (non-hydrogen) atoms. The predicted octanol–water partition coefficient (Wildman–Crippen LogP) is 14.8. The Bertz CT molecular complexity index is 2760. The highest BCUT2D eigenvalue weighted by Crippen LogP contribution is 2.42. The average molecular weight is 674 g/mol. The summed E-state index contributed by atoms with van der Waals surface area (Å²) in [6.07, 6.45) is 0. The Hall–Kier alpha value is -6.96. The number of fused-ring (bicyclic) bond motifs is 6. The molecule has 248 valence electrons. The van der Waals surface area contributed by atoms with E-state index in [0.29, 0.717) is 0 Å². The molecule has 0 bridgehead atoms. The molecule has 0 radical (unpaired) electrons. The second kappa shape index (κ2) is 13.0. The topological polar surface area (TPSA) is 3.24 Å². The largest absolute Gasteiger partial charge is 0.310 e. The van der Waals surface area contributed by atoms with Crippen LogP contribution in [0.4, 0.5) is 17.1 Å². The lowest BCUT2D eigenvalue weighted by Gasteiger charge is -2.28. The maximum atomic E-state index is 2.39. The Labute approximate surface area is 309 Å². The van der Waals surface area contributed by atoms with Crippen molar-refractivity contribution in [3.63, 3.8) is 0 Å². The van der Waals surface area contributed by atoms with Crippen LogP contribution in [0.1, 0.15) is 0 Å². The summed E-state index contributed by atoms with van der Waals surface area (Å²) in [4.78, 5) is 2.39. The van der Waals surface area contributed by atoms with E-state index in [9.17, 15) is 0 Å². The molecule has 0 aromatic heterocycles. The summed E-state index contributed by atoms with van der Waals surface area (Å²) in [5.74, 6) is 0. The fourth-order valence-electron chi connectivity index (χ4n) is 7.93. The Morgan fingerprint density at radius 3 is 1.17 bits per heavy atom. The van der Waals surface area contributed by atoms with Crippen LogP contribution in [0, 0.1) is 0 Å². The van der Waals surface area contributed by atoms with Crippen LogP contribution in [-0.2, 0) is 0 Å². The van der Waals surface area contributed by atoms with Crippen molar-refractivity contribution in [1.29, 1.82) is 0 Å². The van der Waals surface area contributed by atoms with Gasteiger partial charge in [0.1, 0.15) is 0 Å². The fraction of sp³-hybridized carbons (Fsp3) is 0. The zero-order valence-corrected chi connectivity index (χ0v) is 29.2. The molecule has 0 heterocycles. The molecule has 10 aromatic carbocycles. The van der Waals surface area contributed by atoms with E-state index < -0.39 is 0 Å². The number of para-hydroxylation sites is 1. The highest BCUT2D eigenvalue weighted by atomic mass is 15.1. The van der Waals surface area contributed by atoms with Gasteiger partial charge in [0.25, 0.3) is 0 Å². The first-order valence-corrected chi connectivity index (χ1v) is 18.3. The van der Waals surface area contributed by atoms with Crippen molar-refractivity contribution in [1.82, 2.24) is 0 Å². The summed E-state index contributed by atoms with van der Waals surface area (Å²) < 4.78 is 0. The maximum Gasteiger partial charge on any atom is 0.0540 e. The molecule has 0 spiro atoms.